The van der Waals surface area contributed by atoms with Crippen molar-refractivity contribution in [2.75, 3.05) is 37.6 Å². The molecule has 2 amide bonds. The molecule has 2 heterocycles. The number of anilines is 1. The van der Waals surface area contributed by atoms with E-state index in [1.54, 1.807) is 30.3 Å². The highest BCUT2D eigenvalue weighted by Crippen LogP contribution is 2.16. The van der Waals surface area contributed by atoms with E-state index in [1.165, 1.54) is 0 Å². The van der Waals surface area contributed by atoms with E-state index in [1.807, 2.05) is 17.0 Å². The Morgan fingerprint density at radius 2 is 1.70 bits per heavy atom. The van der Waals surface area contributed by atoms with E-state index < -0.39 is 0 Å². The fourth-order valence-electron chi connectivity index (χ4n) is 2.90. The van der Waals surface area contributed by atoms with Crippen molar-refractivity contribution in [2.45, 2.75) is 6.42 Å². The SMILES string of the molecule is O=C(NCCC(=O)N1CCN(c2cccc(Cl)n2)CC1)c1ccc(Cl)cc1. The molecule has 3 rings (SSSR count). The fourth-order valence-corrected chi connectivity index (χ4v) is 3.19. The van der Waals surface area contributed by atoms with Crippen LogP contribution in [0.1, 0.15) is 16.8 Å². The van der Waals surface area contributed by atoms with E-state index in [2.05, 4.69) is 15.2 Å². The summed E-state index contributed by atoms with van der Waals surface area (Å²) in [5.74, 6) is 0.645. The Kier molecular flexibility index (Phi) is 6.53. The summed E-state index contributed by atoms with van der Waals surface area (Å²) in [5.41, 5.74) is 0.523. The molecule has 1 aromatic carbocycles. The lowest BCUT2D eigenvalue weighted by atomic mass is 10.2. The molecule has 0 aliphatic carbocycles. The summed E-state index contributed by atoms with van der Waals surface area (Å²) >= 11 is 11.7. The average molecular weight is 407 g/mol. The lowest BCUT2D eigenvalue weighted by molar-refractivity contribution is -0.131. The normalized spacial score (nSPS) is 14.1. The highest BCUT2D eigenvalue weighted by Gasteiger charge is 2.21. The maximum Gasteiger partial charge on any atom is 0.251 e. The number of nitrogens with one attached hydrogen (secondary N) is 1. The van der Waals surface area contributed by atoms with E-state index >= 15 is 0 Å². The minimum absolute atomic E-state index is 0.0325. The van der Waals surface area contributed by atoms with Crippen LogP contribution in [-0.4, -0.2) is 54.4 Å². The minimum Gasteiger partial charge on any atom is -0.353 e. The van der Waals surface area contributed by atoms with Crippen molar-refractivity contribution in [3.63, 3.8) is 0 Å². The van der Waals surface area contributed by atoms with Crippen molar-refractivity contribution in [1.29, 1.82) is 0 Å². The number of pyridine rings is 1. The van der Waals surface area contributed by atoms with Gasteiger partial charge < -0.3 is 15.1 Å². The van der Waals surface area contributed by atoms with Crippen molar-refractivity contribution in [3.8, 4) is 0 Å². The topological polar surface area (TPSA) is 65.5 Å². The summed E-state index contributed by atoms with van der Waals surface area (Å²) in [6.07, 6.45) is 0.273. The highest BCUT2D eigenvalue weighted by atomic mass is 35.5. The Morgan fingerprint density at radius 3 is 2.37 bits per heavy atom. The predicted octanol–water partition coefficient (Wildman–Crippen LogP) is 2.86. The quantitative estimate of drug-likeness (QED) is 0.775. The van der Waals surface area contributed by atoms with Crippen LogP contribution in [0.15, 0.2) is 42.5 Å². The molecular weight excluding hydrogens is 387 g/mol. The van der Waals surface area contributed by atoms with Gasteiger partial charge in [-0.3, -0.25) is 9.59 Å². The Labute approximate surface area is 168 Å². The first-order chi connectivity index (χ1) is 13.0. The molecule has 0 bridgehead atoms. The predicted molar refractivity (Wildman–Crippen MR) is 106 cm³/mol. The molecule has 6 nitrogen and oxygen atoms in total. The second kappa shape index (κ2) is 9.06. The Balaban J connectivity index is 1.42. The van der Waals surface area contributed by atoms with Crippen molar-refractivity contribution in [3.05, 3.63) is 58.2 Å². The number of hydrogen-bond donors (Lipinski definition) is 1. The van der Waals surface area contributed by atoms with Crippen LogP contribution in [-0.2, 0) is 4.79 Å². The van der Waals surface area contributed by atoms with E-state index in [0.29, 0.717) is 48.5 Å². The highest BCUT2D eigenvalue weighted by molar-refractivity contribution is 6.30. The van der Waals surface area contributed by atoms with Gasteiger partial charge in [-0.05, 0) is 36.4 Å². The van der Waals surface area contributed by atoms with Gasteiger partial charge in [0.25, 0.3) is 5.91 Å². The smallest absolute Gasteiger partial charge is 0.251 e. The number of carbonyl (C=O) groups excluding carboxylic acids is 2. The largest absolute Gasteiger partial charge is 0.353 e. The zero-order valence-electron chi connectivity index (χ0n) is 14.7. The number of aromatic nitrogens is 1. The zero-order chi connectivity index (χ0) is 19.2. The lowest BCUT2D eigenvalue weighted by Gasteiger charge is -2.35. The molecule has 27 heavy (non-hydrogen) atoms. The van der Waals surface area contributed by atoms with Gasteiger partial charge >= 0.3 is 0 Å². The molecule has 8 heteroatoms. The summed E-state index contributed by atoms with van der Waals surface area (Å²) in [5, 5.41) is 3.80. The number of hydrogen-bond acceptors (Lipinski definition) is 4. The van der Waals surface area contributed by atoms with Crippen LogP contribution in [0.3, 0.4) is 0 Å². The van der Waals surface area contributed by atoms with E-state index in [4.69, 9.17) is 23.2 Å². The molecule has 0 unspecified atom stereocenters. The summed E-state index contributed by atoms with van der Waals surface area (Å²) in [4.78, 5) is 32.6. The monoisotopic (exact) mass is 406 g/mol. The second-order valence-corrected chi connectivity index (χ2v) is 7.02. The average Bonchev–Trinajstić information content (AvgIpc) is 2.68. The van der Waals surface area contributed by atoms with Crippen LogP contribution >= 0.6 is 23.2 Å². The maximum absolute atomic E-state index is 12.4. The van der Waals surface area contributed by atoms with E-state index in [-0.39, 0.29) is 18.2 Å². The number of carbonyl (C=O) groups is 2. The van der Waals surface area contributed by atoms with Crippen LogP contribution in [0.2, 0.25) is 10.2 Å². The molecular formula is C19H20Cl2N4O2. The molecule has 0 saturated carbocycles. The maximum atomic E-state index is 12.4. The Hall–Kier alpha value is -2.31. The summed E-state index contributed by atoms with van der Waals surface area (Å²) in [6, 6.07) is 12.2. The second-order valence-electron chi connectivity index (χ2n) is 6.20. The molecule has 1 fully saturated rings. The molecule has 1 aliphatic rings. The van der Waals surface area contributed by atoms with Crippen molar-refractivity contribution in [1.82, 2.24) is 15.2 Å². The van der Waals surface area contributed by atoms with Gasteiger partial charge in [-0.1, -0.05) is 29.3 Å². The molecule has 1 saturated heterocycles. The first-order valence-electron chi connectivity index (χ1n) is 8.72. The number of piperazine rings is 1. The van der Waals surface area contributed by atoms with Gasteiger partial charge in [-0.2, -0.15) is 0 Å². The third kappa shape index (κ3) is 5.34. The van der Waals surface area contributed by atoms with Crippen LogP contribution in [0, 0.1) is 0 Å². The zero-order valence-corrected chi connectivity index (χ0v) is 16.2. The minimum atomic E-state index is -0.212. The number of nitrogens with zero attached hydrogens (tertiary/aromatic N) is 3. The standard InChI is InChI=1S/C19H20Cl2N4O2/c20-15-6-4-14(5-7-15)19(27)22-9-8-18(26)25-12-10-24(11-13-25)17-3-1-2-16(21)23-17/h1-7H,8-13H2,(H,22,27). The Bertz CT molecular complexity index is 806. The van der Waals surface area contributed by atoms with Crippen LogP contribution < -0.4 is 10.2 Å². The summed E-state index contributed by atoms with van der Waals surface area (Å²) in [6.45, 7) is 2.96. The molecule has 1 aromatic heterocycles. The van der Waals surface area contributed by atoms with Gasteiger partial charge in [0.15, 0.2) is 0 Å². The summed E-state index contributed by atoms with van der Waals surface area (Å²) < 4.78 is 0. The molecule has 1 N–H and O–H groups in total. The van der Waals surface area contributed by atoms with Crippen molar-refractivity contribution in [2.24, 2.45) is 0 Å². The number of benzene rings is 1. The van der Waals surface area contributed by atoms with Crippen molar-refractivity contribution < 1.29 is 9.59 Å². The molecule has 0 atom stereocenters. The van der Waals surface area contributed by atoms with Crippen LogP contribution in [0.25, 0.3) is 0 Å². The van der Waals surface area contributed by atoms with Crippen LogP contribution in [0.5, 0.6) is 0 Å². The third-order valence-corrected chi connectivity index (χ3v) is 4.85. The van der Waals surface area contributed by atoms with Crippen molar-refractivity contribution >= 4 is 40.8 Å². The van der Waals surface area contributed by atoms with Gasteiger partial charge in [0.05, 0.1) is 0 Å². The van der Waals surface area contributed by atoms with Gasteiger partial charge in [0.1, 0.15) is 11.0 Å². The van der Waals surface area contributed by atoms with E-state index in [9.17, 15) is 9.59 Å². The van der Waals surface area contributed by atoms with Gasteiger partial charge in [-0.15, -0.1) is 0 Å². The van der Waals surface area contributed by atoms with Gasteiger partial charge in [-0.25, -0.2) is 4.98 Å². The third-order valence-electron chi connectivity index (χ3n) is 4.39. The van der Waals surface area contributed by atoms with Gasteiger partial charge in [0.2, 0.25) is 5.91 Å². The fraction of sp³-hybridized carbons (Fsp3) is 0.316. The summed E-state index contributed by atoms with van der Waals surface area (Å²) in [7, 11) is 0. The number of halogens is 2. The van der Waals surface area contributed by atoms with E-state index in [0.717, 1.165) is 5.82 Å². The number of amides is 2. The molecule has 0 spiro atoms. The lowest BCUT2D eigenvalue weighted by Crippen LogP contribution is -2.49. The molecule has 1 aliphatic heterocycles. The molecule has 0 radical (unpaired) electrons. The Morgan fingerprint density at radius 1 is 1.00 bits per heavy atom. The molecule has 142 valence electrons. The molecule has 2 aromatic rings. The first kappa shape index (κ1) is 19.5. The van der Waals surface area contributed by atoms with Gasteiger partial charge in [0, 0.05) is 49.7 Å². The van der Waals surface area contributed by atoms with Crippen LogP contribution in [0.4, 0.5) is 5.82 Å². The number of rotatable bonds is 5. The first-order valence-corrected chi connectivity index (χ1v) is 9.47.